The van der Waals surface area contributed by atoms with Crippen LogP contribution in [-0.2, 0) is 0 Å². The zero-order chi connectivity index (χ0) is 18.7. The van der Waals surface area contributed by atoms with Crippen molar-refractivity contribution < 1.29 is 14.7 Å². The Bertz CT molecular complexity index is 824. The number of hydrogen-bond donors (Lipinski definition) is 3. The number of carboxylic acid groups (broad SMARTS) is 1. The summed E-state index contributed by atoms with van der Waals surface area (Å²) in [5, 5.41) is 15.4. The van der Waals surface area contributed by atoms with E-state index < -0.39 is 5.97 Å². The predicted molar refractivity (Wildman–Crippen MR) is 100 cm³/mol. The monoisotopic (exact) mass is 354 g/mol. The van der Waals surface area contributed by atoms with Gasteiger partial charge in [-0.25, -0.2) is 9.78 Å². The SMILES string of the molecule is Cc1cc(C)cc(C(=O)Nc2cc(C(=O)O)cnc2N2CCNCC2)c1. The summed E-state index contributed by atoms with van der Waals surface area (Å²) in [7, 11) is 0. The van der Waals surface area contributed by atoms with Crippen LogP contribution in [0.2, 0.25) is 0 Å². The van der Waals surface area contributed by atoms with Crippen LogP contribution in [0.1, 0.15) is 31.8 Å². The van der Waals surface area contributed by atoms with E-state index in [0.717, 1.165) is 37.3 Å². The average Bonchev–Trinajstić information content (AvgIpc) is 2.61. The lowest BCUT2D eigenvalue weighted by Gasteiger charge is -2.30. The third kappa shape index (κ3) is 4.00. The second-order valence-corrected chi connectivity index (χ2v) is 6.47. The molecule has 1 aliphatic heterocycles. The lowest BCUT2D eigenvalue weighted by molar-refractivity contribution is 0.0696. The second-order valence-electron chi connectivity index (χ2n) is 6.47. The van der Waals surface area contributed by atoms with E-state index in [9.17, 15) is 14.7 Å². The number of aromatic carboxylic acids is 1. The second kappa shape index (κ2) is 7.53. The molecule has 0 aliphatic carbocycles. The third-order valence-electron chi connectivity index (χ3n) is 4.26. The fourth-order valence-corrected chi connectivity index (χ4v) is 3.10. The molecule has 7 nitrogen and oxygen atoms in total. The molecule has 2 aromatic rings. The normalized spacial score (nSPS) is 14.2. The van der Waals surface area contributed by atoms with Gasteiger partial charge in [-0.2, -0.15) is 0 Å². The molecule has 1 fully saturated rings. The number of aryl methyl sites for hydroxylation is 2. The standard InChI is InChI=1S/C19H22N4O3/c1-12-7-13(2)9-14(8-12)18(24)22-16-10-15(19(25)26)11-21-17(16)23-5-3-20-4-6-23/h7-11,20H,3-6H2,1-2H3,(H,22,24)(H,25,26). The van der Waals surface area contributed by atoms with Gasteiger partial charge in [0, 0.05) is 37.9 Å². The van der Waals surface area contributed by atoms with E-state index in [0.29, 0.717) is 17.1 Å². The maximum atomic E-state index is 12.7. The Hall–Kier alpha value is -2.93. The fourth-order valence-electron chi connectivity index (χ4n) is 3.10. The molecule has 0 bridgehead atoms. The molecular weight excluding hydrogens is 332 g/mol. The molecule has 0 saturated carbocycles. The lowest BCUT2D eigenvalue weighted by Crippen LogP contribution is -2.44. The van der Waals surface area contributed by atoms with Crippen LogP contribution in [0.4, 0.5) is 11.5 Å². The van der Waals surface area contributed by atoms with Crippen LogP contribution >= 0.6 is 0 Å². The van der Waals surface area contributed by atoms with Crippen molar-refractivity contribution in [3.05, 3.63) is 52.7 Å². The van der Waals surface area contributed by atoms with Crippen LogP contribution in [-0.4, -0.2) is 48.1 Å². The van der Waals surface area contributed by atoms with Crippen molar-refractivity contribution in [3.63, 3.8) is 0 Å². The number of aromatic nitrogens is 1. The molecule has 136 valence electrons. The van der Waals surface area contributed by atoms with Gasteiger partial charge < -0.3 is 20.6 Å². The van der Waals surface area contributed by atoms with E-state index in [-0.39, 0.29) is 11.5 Å². The predicted octanol–water partition coefficient (Wildman–Crippen LogP) is 2.06. The van der Waals surface area contributed by atoms with Crippen LogP contribution in [0.3, 0.4) is 0 Å². The first-order chi connectivity index (χ1) is 12.4. The summed E-state index contributed by atoms with van der Waals surface area (Å²) in [5.41, 5.74) is 2.98. The first-order valence-electron chi connectivity index (χ1n) is 8.52. The third-order valence-corrected chi connectivity index (χ3v) is 4.26. The van der Waals surface area contributed by atoms with Crippen LogP contribution in [0.5, 0.6) is 0 Å². The smallest absolute Gasteiger partial charge is 0.337 e. The Morgan fingerprint density at radius 3 is 2.35 bits per heavy atom. The Labute approximate surface area is 152 Å². The maximum Gasteiger partial charge on any atom is 0.337 e. The molecule has 0 radical (unpaired) electrons. The first kappa shape index (κ1) is 17.9. The van der Waals surface area contributed by atoms with E-state index in [2.05, 4.69) is 15.6 Å². The number of pyridine rings is 1. The molecule has 0 unspecified atom stereocenters. The summed E-state index contributed by atoms with van der Waals surface area (Å²) >= 11 is 0. The maximum absolute atomic E-state index is 12.7. The molecule has 26 heavy (non-hydrogen) atoms. The number of benzene rings is 1. The van der Waals surface area contributed by atoms with Gasteiger partial charge in [-0.3, -0.25) is 4.79 Å². The molecule has 1 aliphatic rings. The summed E-state index contributed by atoms with van der Waals surface area (Å²) in [4.78, 5) is 30.4. The number of nitrogens with zero attached hydrogens (tertiary/aromatic N) is 2. The molecule has 0 atom stereocenters. The Kier molecular flexibility index (Phi) is 5.18. The minimum atomic E-state index is -1.08. The Morgan fingerprint density at radius 2 is 1.73 bits per heavy atom. The van der Waals surface area contributed by atoms with Crippen LogP contribution in [0, 0.1) is 13.8 Å². The highest BCUT2D eigenvalue weighted by atomic mass is 16.4. The summed E-state index contributed by atoms with van der Waals surface area (Å²) in [6, 6.07) is 7.07. The number of carbonyl (C=O) groups is 2. The zero-order valence-electron chi connectivity index (χ0n) is 14.9. The van der Waals surface area contributed by atoms with Crippen molar-refractivity contribution in [2.45, 2.75) is 13.8 Å². The Morgan fingerprint density at radius 1 is 1.08 bits per heavy atom. The number of hydrogen-bond acceptors (Lipinski definition) is 5. The summed E-state index contributed by atoms with van der Waals surface area (Å²) in [5.74, 6) is -0.766. The molecule has 1 aromatic heterocycles. The molecule has 1 aromatic carbocycles. The number of rotatable bonds is 4. The number of piperazine rings is 1. The highest BCUT2D eigenvalue weighted by Gasteiger charge is 2.19. The largest absolute Gasteiger partial charge is 0.478 e. The highest BCUT2D eigenvalue weighted by molar-refractivity contribution is 6.06. The quantitative estimate of drug-likeness (QED) is 0.778. The zero-order valence-corrected chi connectivity index (χ0v) is 14.9. The van der Waals surface area contributed by atoms with Crippen LogP contribution in [0.25, 0.3) is 0 Å². The van der Waals surface area contributed by atoms with E-state index in [1.54, 1.807) is 12.1 Å². The molecule has 1 amide bonds. The van der Waals surface area contributed by atoms with Gasteiger partial charge in [-0.05, 0) is 32.0 Å². The molecular formula is C19H22N4O3. The van der Waals surface area contributed by atoms with Gasteiger partial charge in [0.2, 0.25) is 0 Å². The number of carboxylic acids is 1. The number of carbonyl (C=O) groups excluding carboxylic acids is 1. The van der Waals surface area contributed by atoms with Gasteiger partial charge in [0.25, 0.3) is 5.91 Å². The van der Waals surface area contributed by atoms with Gasteiger partial charge in [0.15, 0.2) is 5.82 Å². The van der Waals surface area contributed by atoms with Crippen LogP contribution in [0.15, 0.2) is 30.5 Å². The van der Waals surface area contributed by atoms with Gasteiger partial charge in [-0.1, -0.05) is 17.2 Å². The van der Waals surface area contributed by atoms with Crippen molar-refractivity contribution in [2.75, 3.05) is 36.4 Å². The number of amides is 1. The van der Waals surface area contributed by atoms with Gasteiger partial charge >= 0.3 is 5.97 Å². The first-order valence-corrected chi connectivity index (χ1v) is 8.52. The van der Waals surface area contributed by atoms with Crippen molar-refractivity contribution in [1.29, 1.82) is 0 Å². The van der Waals surface area contributed by atoms with Gasteiger partial charge in [0.05, 0.1) is 11.3 Å². The molecule has 0 spiro atoms. The van der Waals surface area contributed by atoms with E-state index in [1.165, 1.54) is 12.3 Å². The molecule has 3 rings (SSSR count). The Balaban J connectivity index is 1.94. The summed E-state index contributed by atoms with van der Waals surface area (Å²) < 4.78 is 0. The topological polar surface area (TPSA) is 94.6 Å². The van der Waals surface area contributed by atoms with Crippen molar-refractivity contribution >= 4 is 23.4 Å². The number of nitrogens with one attached hydrogen (secondary N) is 2. The summed E-state index contributed by atoms with van der Waals surface area (Å²) in [6.07, 6.45) is 1.33. The average molecular weight is 354 g/mol. The highest BCUT2D eigenvalue weighted by Crippen LogP contribution is 2.26. The minimum Gasteiger partial charge on any atom is -0.478 e. The summed E-state index contributed by atoms with van der Waals surface area (Å²) in [6.45, 7) is 6.97. The van der Waals surface area contributed by atoms with Crippen LogP contribution < -0.4 is 15.5 Å². The van der Waals surface area contributed by atoms with Crippen molar-refractivity contribution in [3.8, 4) is 0 Å². The molecule has 2 heterocycles. The van der Waals surface area contributed by atoms with E-state index in [4.69, 9.17) is 0 Å². The van der Waals surface area contributed by atoms with Gasteiger partial charge in [-0.15, -0.1) is 0 Å². The molecule has 3 N–H and O–H groups in total. The fraction of sp³-hybridized carbons (Fsp3) is 0.316. The van der Waals surface area contributed by atoms with Gasteiger partial charge in [0.1, 0.15) is 0 Å². The molecule has 1 saturated heterocycles. The lowest BCUT2D eigenvalue weighted by atomic mass is 10.1. The van der Waals surface area contributed by atoms with E-state index >= 15 is 0 Å². The van der Waals surface area contributed by atoms with Crippen molar-refractivity contribution in [2.24, 2.45) is 0 Å². The number of anilines is 2. The molecule has 7 heteroatoms. The van der Waals surface area contributed by atoms with Crippen molar-refractivity contribution in [1.82, 2.24) is 10.3 Å². The van der Waals surface area contributed by atoms with E-state index in [1.807, 2.05) is 24.8 Å². The minimum absolute atomic E-state index is 0.0413.